The summed E-state index contributed by atoms with van der Waals surface area (Å²) in [7, 11) is 1.41. The van der Waals surface area contributed by atoms with Gasteiger partial charge < -0.3 is 23.7 Å². The molecule has 1 fully saturated rings. The Morgan fingerprint density at radius 2 is 1.88 bits per heavy atom. The van der Waals surface area contributed by atoms with Crippen LogP contribution < -0.4 is 4.90 Å². The zero-order valence-corrected chi connectivity index (χ0v) is 20.2. The Bertz CT molecular complexity index is 1090. The number of ether oxygens (including phenoxy) is 3. The molecule has 34 heavy (non-hydrogen) atoms. The number of hydrogen-bond donors (Lipinski definition) is 0. The number of esters is 1. The van der Waals surface area contributed by atoms with Crippen molar-refractivity contribution in [2.24, 2.45) is 0 Å². The highest BCUT2D eigenvalue weighted by Crippen LogP contribution is 2.29. The molecule has 9 heteroatoms. The molecule has 0 spiro atoms. The van der Waals surface area contributed by atoms with Crippen LogP contribution >= 0.6 is 0 Å². The van der Waals surface area contributed by atoms with Gasteiger partial charge in [0.15, 0.2) is 5.65 Å². The SMILES string of the molecule is COC(=O)CCCCOCc1ccc(-c2nc(N3CCOCC3)nc3c2ncn3C(C)C)cc1. The van der Waals surface area contributed by atoms with Gasteiger partial charge in [-0.15, -0.1) is 0 Å². The maximum atomic E-state index is 11.2. The lowest BCUT2D eigenvalue weighted by Crippen LogP contribution is -2.37. The highest BCUT2D eigenvalue weighted by Gasteiger charge is 2.20. The Labute approximate surface area is 200 Å². The summed E-state index contributed by atoms with van der Waals surface area (Å²) >= 11 is 0. The van der Waals surface area contributed by atoms with Crippen molar-refractivity contribution in [3.63, 3.8) is 0 Å². The number of benzene rings is 1. The fraction of sp³-hybridized carbons (Fsp3) is 0.520. The molecule has 1 aliphatic heterocycles. The first-order valence-corrected chi connectivity index (χ1v) is 11.9. The highest BCUT2D eigenvalue weighted by atomic mass is 16.5. The van der Waals surface area contributed by atoms with Crippen LogP contribution in [0.2, 0.25) is 0 Å². The summed E-state index contributed by atoms with van der Waals surface area (Å²) in [6.45, 7) is 8.30. The van der Waals surface area contributed by atoms with Gasteiger partial charge in [-0.05, 0) is 32.3 Å². The highest BCUT2D eigenvalue weighted by molar-refractivity contribution is 5.88. The lowest BCUT2D eigenvalue weighted by Gasteiger charge is -2.27. The van der Waals surface area contributed by atoms with Gasteiger partial charge >= 0.3 is 5.97 Å². The first-order chi connectivity index (χ1) is 16.6. The minimum absolute atomic E-state index is 0.176. The van der Waals surface area contributed by atoms with Gasteiger partial charge in [0.05, 0.1) is 33.3 Å². The Hall–Kier alpha value is -3.04. The Balaban J connectivity index is 1.49. The lowest BCUT2D eigenvalue weighted by atomic mass is 10.1. The minimum Gasteiger partial charge on any atom is -0.469 e. The maximum Gasteiger partial charge on any atom is 0.305 e. The minimum atomic E-state index is -0.176. The van der Waals surface area contributed by atoms with Crippen LogP contribution in [-0.2, 0) is 25.6 Å². The molecule has 2 aromatic heterocycles. The molecule has 182 valence electrons. The van der Waals surface area contributed by atoms with Crippen LogP contribution in [0, 0.1) is 0 Å². The van der Waals surface area contributed by atoms with Crippen molar-refractivity contribution >= 4 is 23.1 Å². The molecule has 4 rings (SSSR count). The van der Waals surface area contributed by atoms with Gasteiger partial charge in [0.2, 0.25) is 5.95 Å². The zero-order chi connectivity index (χ0) is 23.9. The molecule has 0 aliphatic carbocycles. The van der Waals surface area contributed by atoms with Crippen molar-refractivity contribution in [2.75, 3.05) is 44.9 Å². The molecule has 9 nitrogen and oxygen atoms in total. The predicted octanol–water partition coefficient (Wildman–Crippen LogP) is 3.77. The number of methoxy groups -OCH3 is 1. The first-order valence-electron chi connectivity index (χ1n) is 11.9. The van der Waals surface area contributed by atoms with Gasteiger partial charge in [-0.1, -0.05) is 24.3 Å². The number of carbonyl (C=O) groups is 1. The van der Waals surface area contributed by atoms with Gasteiger partial charge in [0, 0.05) is 37.7 Å². The van der Waals surface area contributed by atoms with E-state index in [0.29, 0.717) is 38.8 Å². The van der Waals surface area contributed by atoms with E-state index in [1.54, 1.807) is 0 Å². The van der Waals surface area contributed by atoms with Crippen LogP contribution in [0.4, 0.5) is 5.95 Å². The van der Waals surface area contributed by atoms with Crippen molar-refractivity contribution in [2.45, 2.75) is 45.8 Å². The lowest BCUT2D eigenvalue weighted by molar-refractivity contribution is -0.140. The number of unbranched alkanes of at least 4 members (excludes halogenated alkanes) is 1. The van der Waals surface area contributed by atoms with Gasteiger partial charge in [0.25, 0.3) is 0 Å². The normalized spacial score (nSPS) is 14.2. The molecular weight excluding hydrogens is 434 g/mol. The fourth-order valence-corrected chi connectivity index (χ4v) is 3.91. The average Bonchev–Trinajstić information content (AvgIpc) is 3.31. The van der Waals surface area contributed by atoms with Crippen molar-refractivity contribution in [3.8, 4) is 11.3 Å². The molecule has 3 heterocycles. The number of anilines is 1. The molecule has 3 aromatic rings. The molecule has 1 aliphatic rings. The summed E-state index contributed by atoms with van der Waals surface area (Å²) in [5.41, 5.74) is 4.57. The van der Waals surface area contributed by atoms with Crippen LogP contribution in [0.1, 0.15) is 44.7 Å². The number of rotatable bonds is 10. The van der Waals surface area contributed by atoms with E-state index >= 15 is 0 Å². The molecule has 0 atom stereocenters. The Morgan fingerprint density at radius 3 is 2.59 bits per heavy atom. The molecule has 0 N–H and O–H groups in total. The second-order valence-electron chi connectivity index (χ2n) is 8.67. The zero-order valence-electron chi connectivity index (χ0n) is 20.2. The van der Waals surface area contributed by atoms with E-state index in [-0.39, 0.29) is 12.0 Å². The van der Waals surface area contributed by atoms with Gasteiger partial charge in [0.1, 0.15) is 11.2 Å². The predicted molar refractivity (Wildman–Crippen MR) is 130 cm³/mol. The number of aromatic nitrogens is 4. The summed E-state index contributed by atoms with van der Waals surface area (Å²) in [4.78, 5) is 27.8. The third-order valence-corrected chi connectivity index (χ3v) is 5.90. The molecule has 1 saturated heterocycles. The van der Waals surface area contributed by atoms with E-state index in [0.717, 1.165) is 53.9 Å². The quantitative estimate of drug-likeness (QED) is 0.329. The number of morpholine rings is 1. The largest absolute Gasteiger partial charge is 0.469 e. The first kappa shape index (κ1) is 24.1. The third-order valence-electron chi connectivity index (χ3n) is 5.90. The summed E-state index contributed by atoms with van der Waals surface area (Å²) in [6.07, 6.45) is 3.87. The summed E-state index contributed by atoms with van der Waals surface area (Å²) in [5.74, 6) is 0.539. The second-order valence-corrected chi connectivity index (χ2v) is 8.67. The van der Waals surface area contributed by atoms with E-state index in [9.17, 15) is 4.79 Å². The number of hydrogen-bond acceptors (Lipinski definition) is 8. The Morgan fingerprint density at radius 1 is 1.12 bits per heavy atom. The van der Waals surface area contributed by atoms with Crippen molar-refractivity contribution in [1.82, 2.24) is 19.5 Å². The molecular formula is C25H33N5O4. The fourth-order valence-electron chi connectivity index (χ4n) is 3.91. The van der Waals surface area contributed by atoms with E-state index in [1.165, 1.54) is 7.11 Å². The number of fused-ring (bicyclic) bond motifs is 1. The second kappa shape index (κ2) is 11.4. The Kier molecular flexibility index (Phi) is 8.08. The third kappa shape index (κ3) is 5.71. The molecule has 0 unspecified atom stereocenters. The van der Waals surface area contributed by atoms with Gasteiger partial charge in [-0.25, -0.2) is 9.97 Å². The van der Waals surface area contributed by atoms with Crippen LogP contribution in [0.5, 0.6) is 0 Å². The van der Waals surface area contributed by atoms with E-state index in [4.69, 9.17) is 19.4 Å². The number of nitrogens with zero attached hydrogens (tertiary/aromatic N) is 5. The van der Waals surface area contributed by atoms with Crippen LogP contribution in [-0.4, -0.2) is 65.5 Å². The van der Waals surface area contributed by atoms with Crippen LogP contribution in [0.25, 0.3) is 22.4 Å². The van der Waals surface area contributed by atoms with Crippen LogP contribution in [0.15, 0.2) is 30.6 Å². The number of carbonyl (C=O) groups excluding carboxylic acids is 1. The van der Waals surface area contributed by atoms with Crippen molar-refractivity contribution in [1.29, 1.82) is 0 Å². The molecule has 1 aromatic carbocycles. The summed E-state index contributed by atoms with van der Waals surface area (Å²) < 4.78 is 18.0. The van der Waals surface area contributed by atoms with Crippen molar-refractivity contribution < 1.29 is 19.0 Å². The maximum absolute atomic E-state index is 11.2. The summed E-state index contributed by atoms with van der Waals surface area (Å²) in [6, 6.07) is 8.50. The standard InChI is InChI=1S/C25H33N5O4/c1-18(2)30-17-26-23-22(27-25(28-24(23)30)29-11-14-33-15-12-29)20-9-7-19(8-10-20)16-34-13-5-4-6-21(31)32-3/h7-10,17-18H,4-6,11-16H2,1-3H3. The molecule has 0 radical (unpaired) electrons. The van der Waals surface area contributed by atoms with E-state index < -0.39 is 0 Å². The molecule has 0 saturated carbocycles. The van der Waals surface area contributed by atoms with E-state index in [2.05, 4.69) is 57.3 Å². The van der Waals surface area contributed by atoms with Crippen LogP contribution in [0.3, 0.4) is 0 Å². The molecule has 0 bridgehead atoms. The smallest absolute Gasteiger partial charge is 0.305 e. The molecule has 0 amide bonds. The average molecular weight is 468 g/mol. The van der Waals surface area contributed by atoms with E-state index in [1.807, 2.05) is 6.33 Å². The topological polar surface area (TPSA) is 91.6 Å². The van der Waals surface area contributed by atoms with Gasteiger partial charge in [-0.2, -0.15) is 4.98 Å². The monoisotopic (exact) mass is 467 g/mol. The van der Waals surface area contributed by atoms with Gasteiger partial charge in [-0.3, -0.25) is 4.79 Å². The van der Waals surface area contributed by atoms with Crippen molar-refractivity contribution in [3.05, 3.63) is 36.2 Å². The summed E-state index contributed by atoms with van der Waals surface area (Å²) in [5, 5.41) is 0. The number of imidazole rings is 1.